The smallest absolute Gasteiger partial charge is 0.268 e. The number of benzene rings is 2. The van der Waals surface area contributed by atoms with Crippen molar-refractivity contribution in [1.82, 2.24) is 3.97 Å². The maximum Gasteiger partial charge on any atom is 0.268 e. The molecule has 0 amide bonds. The Morgan fingerprint density at radius 2 is 1.68 bits per heavy atom. The molecule has 0 atom stereocenters. The van der Waals surface area contributed by atoms with Crippen LogP contribution in [0.2, 0.25) is 0 Å². The lowest BCUT2D eigenvalue weighted by Crippen LogP contribution is -2.16. The van der Waals surface area contributed by atoms with Crippen LogP contribution in [-0.2, 0) is 25.9 Å². The van der Waals surface area contributed by atoms with Crippen LogP contribution >= 0.6 is 0 Å². The van der Waals surface area contributed by atoms with Gasteiger partial charge in [-0.2, -0.15) is 0 Å². The highest BCUT2D eigenvalue weighted by Crippen LogP contribution is 2.26. The molecule has 6 heteroatoms. The molecule has 0 aliphatic rings. The number of aromatic nitrogens is 1. The van der Waals surface area contributed by atoms with Gasteiger partial charge in [0.15, 0.2) is 6.29 Å². The van der Waals surface area contributed by atoms with E-state index in [0.29, 0.717) is 11.9 Å². The quantitative estimate of drug-likeness (QED) is 0.634. The first-order valence-electron chi connectivity index (χ1n) is 7.94. The molecule has 0 radical (unpaired) electrons. The van der Waals surface area contributed by atoms with Crippen molar-refractivity contribution in [2.24, 2.45) is 0 Å². The van der Waals surface area contributed by atoms with Crippen LogP contribution in [0.25, 0.3) is 10.9 Å². The lowest BCUT2D eigenvalue weighted by molar-refractivity contribution is -0.100. The molecule has 1 heterocycles. The van der Waals surface area contributed by atoms with E-state index in [1.165, 1.54) is 3.97 Å². The van der Waals surface area contributed by atoms with Gasteiger partial charge in [0.2, 0.25) is 0 Å². The van der Waals surface area contributed by atoms with Crippen LogP contribution in [-0.4, -0.2) is 32.9 Å². The number of ether oxygens (including phenoxy) is 2. The fourth-order valence-corrected chi connectivity index (χ4v) is 4.21. The summed E-state index contributed by atoms with van der Waals surface area (Å²) in [6, 6.07) is 14.3. The van der Waals surface area contributed by atoms with Crippen molar-refractivity contribution in [2.45, 2.75) is 24.5 Å². The van der Waals surface area contributed by atoms with E-state index in [1.807, 2.05) is 25.1 Å². The summed E-state index contributed by atoms with van der Waals surface area (Å²) < 4.78 is 37.8. The predicted molar refractivity (Wildman–Crippen MR) is 97.2 cm³/mol. The minimum absolute atomic E-state index is 0.271. The van der Waals surface area contributed by atoms with E-state index in [0.717, 1.165) is 16.5 Å². The molecule has 0 aliphatic heterocycles. The lowest BCUT2D eigenvalue weighted by atomic mass is 10.1. The van der Waals surface area contributed by atoms with Gasteiger partial charge in [0.25, 0.3) is 10.0 Å². The Morgan fingerprint density at radius 3 is 2.32 bits per heavy atom. The van der Waals surface area contributed by atoms with E-state index in [1.54, 1.807) is 50.7 Å². The van der Waals surface area contributed by atoms with Gasteiger partial charge < -0.3 is 9.47 Å². The fourth-order valence-electron chi connectivity index (χ4n) is 2.86. The van der Waals surface area contributed by atoms with Gasteiger partial charge in [0.05, 0.1) is 10.4 Å². The number of hydrogen-bond donors (Lipinski definition) is 0. The average molecular weight is 359 g/mol. The van der Waals surface area contributed by atoms with E-state index >= 15 is 0 Å². The number of fused-ring (bicyclic) bond motifs is 1. The molecule has 3 aromatic rings. The first-order chi connectivity index (χ1) is 12.0. The zero-order chi connectivity index (χ0) is 18.0. The highest BCUT2D eigenvalue weighted by atomic mass is 32.2. The normalized spacial score (nSPS) is 12.2. The number of rotatable bonds is 6. The summed E-state index contributed by atoms with van der Waals surface area (Å²) in [5.41, 5.74) is 2.64. The van der Waals surface area contributed by atoms with Gasteiger partial charge in [0.1, 0.15) is 0 Å². The van der Waals surface area contributed by atoms with E-state index in [4.69, 9.17) is 9.47 Å². The minimum Gasteiger partial charge on any atom is -0.356 e. The van der Waals surface area contributed by atoms with Gasteiger partial charge in [-0.3, -0.25) is 0 Å². The third kappa shape index (κ3) is 3.33. The molecule has 0 saturated carbocycles. The van der Waals surface area contributed by atoms with Crippen molar-refractivity contribution in [2.75, 3.05) is 14.2 Å². The topological polar surface area (TPSA) is 57.5 Å². The molecule has 1 aromatic heterocycles. The standard InChI is InChI=1S/C19H21NO4S/c1-14-7-9-16(10-8-14)25(21,22)20-12-11-17-15(5-4-6-18(17)20)13-19(23-2)24-3/h4-12,19H,13H2,1-3H3. The Bertz CT molecular complexity index is 970. The van der Waals surface area contributed by atoms with Crippen LogP contribution < -0.4 is 0 Å². The second kappa shape index (κ2) is 7.00. The van der Waals surface area contributed by atoms with Gasteiger partial charge in [-0.25, -0.2) is 12.4 Å². The first-order valence-corrected chi connectivity index (χ1v) is 9.38. The SMILES string of the molecule is COC(Cc1cccc2c1ccn2S(=O)(=O)c1ccc(C)cc1)OC. The molecule has 0 saturated heterocycles. The van der Waals surface area contributed by atoms with Crippen LogP contribution in [0.4, 0.5) is 0 Å². The van der Waals surface area contributed by atoms with Crippen molar-refractivity contribution >= 4 is 20.9 Å². The molecule has 132 valence electrons. The minimum atomic E-state index is -3.64. The molecular weight excluding hydrogens is 338 g/mol. The molecule has 0 aliphatic carbocycles. The largest absolute Gasteiger partial charge is 0.356 e. The fraction of sp³-hybridized carbons (Fsp3) is 0.263. The molecule has 0 spiro atoms. The molecule has 5 nitrogen and oxygen atoms in total. The molecule has 3 rings (SSSR count). The monoisotopic (exact) mass is 359 g/mol. The summed E-state index contributed by atoms with van der Waals surface area (Å²) in [6.45, 7) is 1.93. The molecule has 0 N–H and O–H groups in total. The van der Waals surface area contributed by atoms with Gasteiger partial charge in [-0.15, -0.1) is 0 Å². The summed E-state index contributed by atoms with van der Waals surface area (Å²) in [7, 11) is -0.472. The second-order valence-corrected chi connectivity index (χ2v) is 7.70. The highest BCUT2D eigenvalue weighted by molar-refractivity contribution is 7.90. The van der Waals surface area contributed by atoms with E-state index < -0.39 is 10.0 Å². The number of nitrogens with zero attached hydrogens (tertiary/aromatic N) is 1. The van der Waals surface area contributed by atoms with E-state index in [2.05, 4.69) is 0 Å². The van der Waals surface area contributed by atoms with Crippen LogP contribution in [0.3, 0.4) is 0 Å². The summed E-state index contributed by atoms with van der Waals surface area (Å²) in [4.78, 5) is 0.271. The molecule has 0 fully saturated rings. The van der Waals surface area contributed by atoms with E-state index in [-0.39, 0.29) is 11.2 Å². The predicted octanol–water partition coefficient (Wildman–Crippen LogP) is 3.35. The first kappa shape index (κ1) is 17.7. The Balaban J connectivity index is 2.08. The number of aryl methyl sites for hydroxylation is 1. The summed E-state index contributed by atoms with van der Waals surface area (Å²) >= 11 is 0. The maximum atomic E-state index is 13.0. The Morgan fingerprint density at radius 1 is 1.00 bits per heavy atom. The molecular formula is C19H21NO4S. The van der Waals surface area contributed by atoms with Crippen molar-refractivity contribution in [3.05, 3.63) is 65.9 Å². The second-order valence-electron chi connectivity index (χ2n) is 5.88. The van der Waals surface area contributed by atoms with Gasteiger partial charge >= 0.3 is 0 Å². The third-order valence-electron chi connectivity index (χ3n) is 4.28. The number of methoxy groups -OCH3 is 2. The Kier molecular flexibility index (Phi) is 4.94. The van der Waals surface area contributed by atoms with Crippen LogP contribution in [0, 0.1) is 6.92 Å². The lowest BCUT2D eigenvalue weighted by Gasteiger charge is -2.14. The van der Waals surface area contributed by atoms with Gasteiger partial charge in [-0.1, -0.05) is 29.8 Å². The summed E-state index contributed by atoms with van der Waals surface area (Å²) in [6.07, 6.45) is 1.76. The van der Waals surface area contributed by atoms with E-state index in [9.17, 15) is 8.42 Å². The average Bonchev–Trinajstić information content (AvgIpc) is 3.05. The van der Waals surface area contributed by atoms with Crippen molar-refractivity contribution in [3.63, 3.8) is 0 Å². The molecule has 25 heavy (non-hydrogen) atoms. The van der Waals surface area contributed by atoms with Gasteiger partial charge in [0, 0.05) is 32.2 Å². The van der Waals surface area contributed by atoms with Crippen LogP contribution in [0.15, 0.2) is 59.6 Å². The Labute approximate surface area is 147 Å². The van der Waals surface area contributed by atoms with Crippen LogP contribution in [0.1, 0.15) is 11.1 Å². The molecule has 0 bridgehead atoms. The zero-order valence-electron chi connectivity index (χ0n) is 14.5. The van der Waals surface area contributed by atoms with Gasteiger partial charge in [-0.05, 0) is 36.8 Å². The van der Waals surface area contributed by atoms with Crippen molar-refractivity contribution in [3.8, 4) is 0 Å². The Hall–Kier alpha value is -2.15. The van der Waals surface area contributed by atoms with Crippen LogP contribution in [0.5, 0.6) is 0 Å². The highest BCUT2D eigenvalue weighted by Gasteiger charge is 2.20. The zero-order valence-corrected chi connectivity index (χ0v) is 15.3. The van der Waals surface area contributed by atoms with Crippen molar-refractivity contribution < 1.29 is 17.9 Å². The number of hydrogen-bond acceptors (Lipinski definition) is 4. The maximum absolute atomic E-state index is 13.0. The molecule has 0 unspecified atom stereocenters. The summed E-state index contributed by atoms with van der Waals surface area (Å²) in [5, 5.41) is 0.872. The molecule has 2 aromatic carbocycles. The summed E-state index contributed by atoms with van der Waals surface area (Å²) in [5.74, 6) is 0. The van der Waals surface area contributed by atoms with Crippen molar-refractivity contribution in [1.29, 1.82) is 0 Å². The third-order valence-corrected chi connectivity index (χ3v) is 5.98.